The first kappa shape index (κ1) is 18.9. The van der Waals surface area contributed by atoms with Crippen LogP contribution in [-0.2, 0) is 19.1 Å². The fourth-order valence-corrected chi connectivity index (χ4v) is 1.81. The van der Waals surface area contributed by atoms with Gasteiger partial charge in [-0.1, -0.05) is 6.92 Å². The van der Waals surface area contributed by atoms with Crippen molar-refractivity contribution in [3.63, 3.8) is 0 Å². The quantitative estimate of drug-likeness (QED) is 0.568. The van der Waals surface area contributed by atoms with Crippen LogP contribution in [0.4, 0.5) is 0 Å². The van der Waals surface area contributed by atoms with E-state index in [4.69, 9.17) is 15.2 Å². The lowest BCUT2D eigenvalue weighted by atomic mass is 10.0. The Morgan fingerprint density at radius 3 is 2.55 bits per heavy atom. The predicted octanol–water partition coefficient (Wildman–Crippen LogP) is 0.790. The first-order valence-corrected chi connectivity index (χ1v) is 7.17. The second kappa shape index (κ2) is 11.7. The molecule has 0 saturated heterocycles. The van der Waals surface area contributed by atoms with Gasteiger partial charge in [0.1, 0.15) is 6.54 Å². The van der Waals surface area contributed by atoms with E-state index >= 15 is 0 Å². The summed E-state index contributed by atoms with van der Waals surface area (Å²) in [6.07, 6.45) is 2.11. The smallest absolute Gasteiger partial charge is 0.325 e. The van der Waals surface area contributed by atoms with Gasteiger partial charge in [-0.3, -0.25) is 9.59 Å². The zero-order chi connectivity index (χ0) is 15.4. The van der Waals surface area contributed by atoms with Crippen LogP contribution >= 0.6 is 0 Å². The molecule has 20 heavy (non-hydrogen) atoms. The summed E-state index contributed by atoms with van der Waals surface area (Å²) in [6, 6.07) is 0. The van der Waals surface area contributed by atoms with E-state index < -0.39 is 0 Å². The molecule has 0 radical (unpaired) electrons. The van der Waals surface area contributed by atoms with E-state index in [0.717, 1.165) is 12.8 Å². The Morgan fingerprint density at radius 2 is 2.00 bits per heavy atom. The maximum atomic E-state index is 12.1. The Hall–Kier alpha value is -1.14. The average Bonchev–Trinajstić information content (AvgIpc) is 2.41. The van der Waals surface area contributed by atoms with Crippen LogP contribution in [0, 0.1) is 5.92 Å². The normalized spacial score (nSPS) is 12.0. The Balaban J connectivity index is 4.29. The van der Waals surface area contributed by atoms with E-state index in [2.05, 4.69) is 6.92 Å². The average molecular weight is 288 g/mol. The molecule has 0 heterocycles. The zero-order valence-corrected chi connectivity index (χ0v) is 12.9. The van der Waals surface area contributed by atoms with Crippen LogP contribution in [0.3, 0.4) is 0 Å². The summed E-state index contributed by atoms with van der Waals surface area (Å²) < 4.78 is 9.84. The van der Waals surface area contributed by atoms with Gasteiger partial charge in [-0.05, 0) is 32.2 Å². The summed E-state index contributed by atoms with van der Waals surface area (Å²) in [5.74, 6) is -0.0123. The number of rotatable bonds is 11. The lowest BCUT2D eigenvalue weighted by molar-refractivity contribution is -0.149. The van der Waals surface area contributed by atoms with Gasteiger partial charge < -0.3 is 20.1 Å². The molecule has 0 aromatic carbocycles. The number of amides is 1. The highest BCUT2D eigenvalue weighted by molar-refractivity contribution is 5.82. The molecule has 0 aromatic heterocycles. The number of methoxy groups -OCH3 is 1. The number of nitrogens with zero attached hydrogens (tertiary/aromatic N) is 1. The van der Waals surface area contributed by atoms with Gasteiger partial charge in [-0.15, -0.1) is 0 Å². The molecule has 0 aliphatic heterocycles. The summed E-state index contributed by atoms with van der Waals surface area (Å²) in [5.41, 5.74) is 5.49. The Kier molecular flexibility index (Phi) is 11.0. The molecule has 6 heteroatoms. The van der Waals surface area contributed by atoms with Gasteiger partial charge in [0.15, 0.2) is 0 Å². The van der Waals surface area contributed by atoms with Crippen LogP contribution in [0.25, 0.3) is 0 Å². The minimum absolute atomic E-state index is 0.0126. The summed E-state index contributed by atoms with van der Waals surface area (Å²) in [6.45, 7) is 5.56. The number of hydrogen-bond acceptors (Lipinski definition) is 5. The summed E-state index contributed by atoms with van der Waals surface area (Å²) in [4.78, 5) is 25.1. The first-order chi connectivity index (χ1) is 9.54. The Labute approximate surface area is 121 Å². The molecule has 0 aromatic rings. The molecule has 1 unspecified atom stereocenters. The van der Waals surface area contributed by atoms with Crippen molar-refractivity contribution < 1.29 is 19.1 Å². The fourth-order valence-electron chi connectivity index (χ4n) is 1.81. The summed E-state index contributed by atoms with van der Waals surface area (Å²) in [7, 11) is 1.57. The van der Waals surface area contributed by atoms with Crippen LogP contribution in [0.1, 0.15) is 33.1 Å². The van der Waals surface area contributed by atoms with Crippen molar-refractivity contribution >= 4 is 11.9 Å². The molecule has 0 saturated carbocycles. The standard InChI is InChI=1S/C14H28N2O4/c1-4-20-14(18)11-16(9-10-19-3)13(17)6-5-12(2)7-8-15/h12H,4-11,15H2,1-3H3. The fraction of sp³-hybridized carbons (Fsp3) is 0.857. The summed E-state index contributed by atoms with van der Waals surface area (Å²) >= 11 is 0. The highest BCUT2D eigenvalue weighted by Gasteiger charge is 2.18. The van der Waals surface area contributed by atoms with Crippen molar-refractivity contribution in [1.29, 1.82) is 0 Å². The van der Waals surface area contributed by atoms with E-state index in [1.165, 1.54) is 4.90 Å². The highest BCUT2D eigenvalue weighted by Crippen LogP contribution is 2.10. The van der Waals surface area contributed by atoms with Crippen LogP contribution in [-0.4, -0.2) is 56.7 Å². The number of carbonyl (C=O) groups excluding carboxylic acids is 2. The molecule has 0 rings (SSSR count). The van der Waals surface area contributed by atoms with Crippen LogP contribution in [0.5, 0.6) is 0 Å². The first-order valence-electron chi connectivity index (χ1n) is 7.17. The maximum absolute atomic E-state index is 12.1. The van der Waals surface area contributed by atoms with E-state index in [0.29, 0.717) is 38.6 Å². The third-order valence-corrected chi connectivity index (χ3v) is 3.05. The Bertz CT molecular complexity index is 284. The molecule has 6 nitrogen and oxygen atoms in total. The Morgan fingerprint density at radius 1 is 1.30 bits per heavy atom. The van der Waals surface area contributed by atoms with Gasteiger partial charge in [-0.25, -0.2) is 0 Å². The van der Waals surface area contributed by atoms with Crippen molar-refractivity contribution in [3.8, 4) is 0 Å². The van der Waals surface area contributed by atoms with Gasteiger partial charge in [0.05, 0.1) is 13.2 Å². The van der Waals surface area contributed by atoms with Crippen molar-refractivity contribution in [3.05, 3.63) is 0 Å². The van der Waals surface area contributed by atoms with Crippen molar-refractivity contribution in [2.75, 3.05) is 40.0 Å². The van der Waals surface area contributed by atoms with Gasteiger partial charge in [0.2, 0.25) is 5.91 Å². The molecule has 2 N–H and O–H groups in total. The third kappa shape index (κ3) is 8.87. The molecule has 1 atom stereocenters. The van der Waals surface area contributed by atoms with E-state index in [-0.39, 0.29) is 18.4 Å². The predicted molar refractivity (Wildman–Crippen MR) is 77.2 cm³/mol. The molecule has 1 amide bonds. The molecule has 0 aliphatic rings. The van der Waals surface area contributed by atoms with E-state index in [9.17, 15) is 9.59 Å². The van der Waals surface area contributed by atoms with Crippen LogP contribution < -0.4 is 5.73 Å². The molecular weight excluding hydrogens is 260 g/mol. The molecular formula is C14H28N2O4. The number of hydrogen-bond donors (Lipinski definition) is 1. The second-order valence-corrected chi connectivity index (χ2v) is 4.83. The molecule has 0 spiro atoms. The van der Waals surface area contributed by atoms with E-state index in [1.807, 2.05) is 0 Å². The minimum atomic E-state index is -0.382. The van der Waals surface area contributed by atoms with Crippen molar-refractivity contribution in [2.45, 2.75) is 33.1 Å². The molecule has 0 aliphatic carbocycles. The monoisotopic (exact) mass is 288 g/mol. The lowest BCUT2D eigenvalue weighted by Gasteiger charge is -2.22. The second-order valence-electron chi connectivity index (χ2n) is 4.83. The van der Waals surface area contributed by atoms with Crippen LogP contribution in [0.15, 0.2) is 0 Å². The number of carbonyl (C=O) groups is 2. The van der Waals surface area contributed by atoms with Gasteiger partial charge in [0, 0.05) is 20.1 Å². The third-order valence-electron chi connectivity index (χ3n) is 3.05. The summed E-state index contributed by atoms with van der Waals surface area (Å²) in [5, 5.41) is 0. The minimum Gasteiger partial charge on any atom is -0.465 e. The van der Waals surface area contributed by atoms with Crippen LogP contribution in [0.2, 0.25) is 0 Å². The topological polar surface area (TPSA) is 81.9 Å². The molecule has 0 fully saturated rings. The maximum Gasteiger partial charge on any atom is 0.325 e. The van der Waals surface area contributed by atoms with Gasteiger partial charge >= 0.3 is 5.97 Å². The zero-order valence-electron chi connectivity index (χ0n) is 12.9. The lowest BCUT2D eigenvalue weighted by Crippen LogP contribution is -2.38. The number of nitrogens with two attached hydrogens (primary N) is 1. The number of esters is 1. The molecule has 118 valence electrons. The largest absolute Gasteiger partial charge is 0.465 e. The van der Waals surface area contributed by atoms with Gasteiger partial charge in [-0.2, -0.15) is 0 Å². The van der Waals surface area contributed by atoms with Crippen molar-refractivity contribution in [1.82, 2.24) is 4.90 Å². The molecule has 0 bridgehead atoms. The van der Waals surface area contributed by atoms with E-state index in [1.54, 1.807) is 14.0 Å². The van der Waals surface area contributed by atoms with Gasteiger partial charge in [0.25, 0.3) is 0 Å². The highest BCUT2D eigenvalue weighted by atomic mass is 16.5. The van der Waals surface area contributed by atoms with Crippen molar-refractivity contribution in [2.24, 2.45) is 11.7 Å². The SMILES string of the molecule is CCOC(=O)CN(CCOC)C(=O)CCC(C)CCN. The number of ether oxygens (including phenoxy) is 2.